The maximum atomic E-state index is 12.1. The highest BCUT2D eigenvalue weighted by atomic mass is 32.1. The second kappa shape index (κ2) is 9.15. The first-order valence-corrected chi connectivity index (χ1v) is 10.3. The summed E-state index contributed by atoms with van der Waals surface area (Å²) in [6.07, 6.45) is 2.09. The lowest BCUT2D eigenvalue weighted by atomic mass is 9.97. The summed E-state index contributed by atoms with van der Waals surface area (Å²) in [6.45, 7) is 7.64. The van der Waals surface area contributed by atoms with Gasteiger partial charge in [-0.3, -0.25) is 14.5 Å². The van der Waals surface area contributed by atoms with Gasteiger partial charge in [-0.05, 0) is 80.4 Å². The molecule has 0 aliphatic carbocycles. The number of likely N-dealkylation sites (tertiary alicyclic amines) is 1. The van der Waals surface area contributed by atoms with Crippen molar-refractivity contribution in [3.8, 4) is 0 Å². The number of rotatable bonds is 5. The summed E-state index contributed by atoms with van der Waals surface area (Å²) in [5.41, 5.74) is 2.89. The van der Waals surface area contributed by atoms with E-state index in [0.29, 0.717) is 18.2 Å². The van der Waals surface area contributed by atoms with Crippen molar-refractivity contribution < 1.29 is 9.59 Å². The molecule has 0 radical (unpaired) electrons. The molecule has 27 heavy (non-hydrogen) atoms. The number of piperidine rings is 1. The zero-order chi connectivity index (χ0) is 19.2. The second-order valence-electron chi connectivity index (χ2n) is 7.26. The van der Waals surface area contributed by atoms with Crippen LogP contribution in [0.5, 0.6) is 0 Å². The van der Waals surface area contributed by atoms with Crippen molar-refractivity contribution in [2.75, 3.05) is 25.0 Å². The van der Waals surface area contributed by atoms with E-state index in [0.717, 1.165) is 43.6 Å². The third-order valence-electron chi connectivity index (χ3n) is 5.19. The molecule has 0 saturated carbocycles. The maximum absolute atomic E-state index is 12.1. The van der Waals surface area contributed by atoms with Gasteiger partial charge in [-0.2, -0.15) is 0 Å². The van der Waals surface area contributed by atoms with Crippen LogP contribution >= 0.6 is 11.3 Å². The smallest absolute Gasteiger partial charge is 0.313 e. The summed E-state index contributed by atoms with van der Waals surface area (Å²) < 4.78 is 0. The molecule has 5 nitrogen and oxygen atoms in total. The minimum atomic E-state index is -0.603. The first-order chi connectivity index (χ1) is 13.0. The fraction of sp³-hybridized carbons (Fsp3) is 0.429. The van der Waals surface area contributed by atoms with Gasteiger partial charge in [0.15, 0.2) is 0 Å². The zero-order valence-corrected chi connectivity index (χ0v) is 16.8. The summed E-state index contributed by atoms with van der Waals surface area (Å²) in [6, 6.07) is 9.89. The van der Waals surface area contributed by atoms with Crippen molar-refractivity contribution in [1.29, 1.82) is 0 Å². The standard InChI is InChI=1S/C21H27N3O2S/c1-15-5-6-18(12-16(15)2)23-21(26)20(25)22-13-17-7-9-24(10-8-17)14-19-4-3-11-27-19/h3-6,11-12,17H,7-10,13-14H2,1-2H3,(H,22,25)(H,23,26). The Morgan fingerprint density at radius 1 is 1.11 bits per heavy atom. The van der Waals surface area contributed by atoms with E-state index in [9.17, 15) is 9.59 Å². The normalized spacial score (nSPS) is 15.5. The van der Waals surface area contributed by atoms with Crippen LogP contribution in [0.15, 0.2) is 35.7 Å². The lowest BCUT2D eigenvalue weighted by Crippen LogP contribution is -2.41. The quantitative estimate of drug-likeness (QED) is 0.776. The topological polar surface area (TPSA) is 61.4 Å². The van der Waals surface area contributed by atoms with Crippen molar-refractivity contribution in [2.24, 2.45) is 5.92 Å². The van der Waals surface area contributed by atoms with E-state index in [1.807, 2.05) is 32.0 Å². The van der Waals surface area contributed by atoms with Crippen LogP contribution in [-0.2, 0) is 16.1 Å². The molecular formula is C21H27N3O2S. The van der Waals surface area contributed by atoms with E-state index >= 15 is 0 Å². The van der Waals surface area contributed by atoms with Gasteiger partial charge in [0.2, 0.25) is 0 Å². The van der Waals surface area contributed by atoms with Crippen LogP contribution in [-0.4, -0.2) is 36.3 Å². The summed E-state index contributed by atoms with van der Waals surface area (Å²) in [4.78, 5) is 28.0. The number of carbonyl (C=O) groups is 2. The Labute approximate surface area is 164 Å². The van der Waals surface area contributed by atoms with Crippen molar-refractivity contribution in [1.82, 2.24) is 10.2 Å². The van der Waals surface area contributed by atoms with Crippen LogP contribution in [0.25, 0.3) is 0 Å². The number of aryl methyl sites for hydroxylation is 2. The average Bonchev–Trinajstić information content (AvgIpc) is 3.17. The average molecular weight is 386 g/mol. The van der Waals surface area contributed by atoms with Gasteiger partial charge in [-0.1, -0.05) is 12.1 Å². The summed E-state index contributed by atoms with van der Waals surface area (Å²) in [7, 11) is 0. The Bertz CT molecular complexity index is 781. The van der Waals surface area contributed by atoms with E-state index < -0.39 is 11.8 Å². The monoisotopic (exact) mass is 385 g/mol. The number of benzene rings is 1. The van der Waals surface area contributed by atoms with Gasteiger partial charge in [0.1, 0.15) is 0 Å². The highest BCUT2D eigenvalue weighted by Gasteiger charge is 2.21. The highest BCUT2D eigenvalue weighted by molar-refractivity contribution is 7.09. The van der Waals surface area contributed by atoms with Crippen molar-refractivity contribution >= 4 is 28.8 Å². The molecule has 1 aromatic carbocycles. The van der Waals surface area contributed by atoms with Crippen molar-refractivity contribution in [3.63, 3.8) is 0 Å². The predicted octanol–water partition coefficient (Wildman–Crippen LogP) is 3.33. The molecule has 2 N–H and O–H groups in total. The van der Waals surface area contributed by atoms with Gasteiger partial charge in [-0.15, -0.1) is 11.3 Å². The minimum Gasteiger partial charge on any atom is -0.348 e. The van der Waals surface area contributed by atoms with Gasteiger partial charge in [0.05, 0.1) is 0 Å². The van der Waals surface area contributed by atoms with Crippen molar-refractivity contribution in [2.45, 2.75) is 33.2 Å². The van der Waals surface area contributed by atoms with Crippen LogP contribution in [0.2, 0.25) is 0 Å². The fourth-order valence-electron chi connectivity index (χ4n) is 3.30. The Kier molecular flexibility index (Phi) is 6.63. The molecule has 2 aromatic rings. The number of thiophene rings is 1. The molecule has 6 heteroatoms. The summed E-state index contributed by atoms with van der Waals surface area (Å²) in [5, 5.41) is 7.57. The third kappa shape index (κ3) is 5.65. The molecule has 3 rings (SSSR count). The predicted molar refractivity (Wildman–Crippen MR) is 110 cm³/mol. The first-order valence-electron chi connectivity index (χ1n) is 9.42. The Morgan fingerprint density at radius 3 is 2.56 bits per heavy atom. The van der Waals surface area contributed by atoms with E-state index in [1.54, 1.807) is 11.3 Å². The molecule has 1 aliphatic rings. The van der Waals surface area contributed by atoms with Gasteiger partial charge < -0.3 is 10.6 Å². The molecule has 0 bridgehead atoms. The maximum Gasteiger partial charge on any atom is 0.313 e. The molecule has 2 heterocycles. The van der Waals surface area contributed by atoms with E-state index in [2.05, 4.69) is 33.0 Å². The molecule has 0 unspecified atom stereocenters. The van der Waals surface area contributed by atoms with Gasteiger partial charge in [-0.25, -0.2) is 0 Å². The van der Waals surface area contributed by atoms with Gasteiger partial charge >= 0.3 is 11.8 Å². The van der Waals surface area contributed by atoms with E-state index in [-0.39, 0.29) is 0 Å². The molecule has 0 atom stereocenters. The highest BCUT2D eigenvalue weighted by Crippen LogP contribution is 2.20. The molecular weight excluding hydrogens is 358 g/mol. The molecule has 144 valence electrons. The zero-order valence-electron chi connectivity index (χ0n) is 16.0. The minimum absolute atomic E-state index is 0.433. The van der Waals surface area contributed by atoms with Crippen LogP contribution in [0.4, 0.5) is 5.69 Å². The third-order valence-corrected chi connectivity index (χ3v) is 6.05. The van der Waals surface area contributed by atoms with Crippen LogP contribution in [0, 0.1) is 19.8 Å². The second-order valence-corrected chi connectivity index (χ2v) is 8.29. The van der Waals surface area contributed by atoms with Crippen LogP contribution in [0.1, 0.15) is 28.8 Å². The number of anilines is 1. The Morgan fingerprint density at radius 2 is 1.89 bits per heavy atom. The first kappa shape index (κ1) is 19.6. The largest absolute Gasteiger partial charge is 0.348 e. The lowest BCUT2D eigenvalue weighted by molar-refractivity contribution is -0.136. The van der Waals surface area contributed by atoms with Crippen LogP contribution in [0.3, 0.4) is 0 Å². The van der Waals surface area contributed by atoms with Gasteiger partial charge in [0.25, 0.3) is 0 Å². The van der Waals surface area contributed by atoms with Gasteiger partial charge in [0, 0.05) is 23.7 Å². The molecule has 2 amide bonds. The molecule has 1 aromatic heterocycles. The Hall–Kier alpha value is -2.18. The van der Waals surface area contributed by atoms with E-state index in [4.69, 9.17) is 0 Å². The Balaban J connectivity index is 1.38. The molecule has 0 spiro atoms. The molecule has 1 saturated heterocycles. The number of hydrogen-bond acceptors (Lipinski definition) is 4. The lowest BCUT2D eigenvalue weighted by Gasteiger charge is -2.31. The molecule has 1 aliphatic heterocycles. The number of nitrogens with one attached hydrogen (secondary N) is 2. The van der Waals surface area contributed by atoms with E-state index in [1.165, 1.54) is 4.88 Å². The summed E-state index contributed by atoms with van der Waals surface area (Å²) in [5.74, 6) is -0.731. The number of nitrogens with zero attached hydrogens (tertiary/aromatic N) is 1. The number of amides is 2. The van der Waals surface area contributed by atoms with Crippen LogP contribution < -0.4 is 10.6 Å². The number of carbonyl (C=O) groups excluding carboxylic acids is 2. The summed E-state index contributed by atoms with van der Waals surface area (Å²) >= 11 is 1.79. The number of hydrogen-bond donors (Lipinski definition) is 2. The SMILES string of the molecule is Cc1ccc(NC(=O)C(=O)NCC2CCN(Cc3cccs3)CC2)cc1C. The molecule has 1 fully saturated rings. The van der Waals surface area contributed by atoms with Crippen molar-refractivity contribution in [3.05, 3.63) is 51.7 Å². The fourth-order valence-corrected chi connectivity index (χ4v) is 4.04.